The summed E-state index contributed by atoms with van der Waals surface area (Å²) in [6.45, 7) is 4.03. The lowest BCUT2D eigenvalue weighted by atomic mass is 10.1. The molecule has 0 aliphatic carbocycles. The Balaban J connectivity index is 2.72. The molecule has 0 bridgehead atoms. The molecule has 6 heteroatoms. The zero-order valence-electron chi connectivity index (χ0n) is 10.6. The first-order chi connectivity index (χ1) is 7.83. The molecule has 0 aliphatic heterocycles. The highest BCUT2D eigenvalue weighted by molar-refractivity contribution is 5.31. The van der Waals surface area contributed by atoms with Gasteiger partial charge in [0.25, 0.3) is 5.88 Å². The first-order valence-electron chi connectivity index (χ1n) is 5.33. The fraction of sp³-hybridized carbons (Fsp3) is 0.636. The van der Waals surface area contributed by atoms with Crippen LogP contribution in [0.3, 0.4) is 0 Å². The third-order valence-corrected chi connectivity index (χ3v) is 2.29. The van der Waals surface area contributed by atoms with E-state index in [0.29, 0.717) is 18.9 Å². The Morgan fingerprint density at radius 3 is 2.71 bits per heavy atom. The summed E-state index contributed by atoms with van der Waals surface area (Å²) >= 11 is 0. The van der Waals surface area contributed by atoms with E-state index in [2.05, 4.69) is 9.97 Å². The number of rotatable bonds is 5. The Bertz CT molecular complexity index is 379. The molecular formula is C11H18FN3O2. The van der Waals surface area contributed by atoms with E-state index in [-0.39, 0.29) is 5.88 Å². The van der Waals surface area contributed by atoms with Crippen LogP contribution in [0.5, 0.6) is 5.88 Å². The van der Waals surface area contributed by atoms with Crippen LogP contribution >= 0.6 is 0 Å². The lowest BCUT2D eigenvalue weighted by Gasteiger charge is -2.22. The van der Waals surface area contributed by atoms with E-state index >= 15 is 0 Å². The standard InChI is InChI=1S/C11H18FN3O2/c1-11(2,16)5-6-15(3)10-13-7-8(12)9(14-10)17-4/h7,16H,5-6H2,1-4H3. The number of methoxy groups -OCH3 is 1. The molecular weight excluding hydrogens is 225 g/mol. The second-order valence-electron chi connectivity index (χ2n) is 4.51. The smallest absolute Gasteiger partial charge is 0.255 e. The normalized spacial score (nSPS) is 11.4. The van der Waals surface area contributed by atoms with Crippen molar-refractivity contribution >= 4 is 5.95 Å². The molecule has 0 fully saturated rings. The van der Waals surface area contributed by atoms with Crippen molar-refractivity contribution in [2.45, 2.75) is 25.9 Å². The van der Waals surface area contributed by atoms with E-state index in [0.717, 1.165) is 6.20 Å². The molecule has 1 heterocycles. The molecule has 1 rings (SSSR count). The molecule has 0 aliphatic rings. The Labute approximate surface area is 100 Å². The number of hydrogen-bond donors (Lipinski definition) is 1. The predicted molar refractivity (Wildman–Crippen MR) is 62.7 cm³/mol. The molecule has 96 valence electrons. The third kappa shape index (κ3) is 4.14. The van der Waals surface area contributed by atoms with Gasteiger partial charge in [0.15, 0.2) is 0 Å². The van der Waals surface area contributed by atoms with Crippen molar-refractivity contribution in [2.24, 2.45) is 0 Å². The molecule has 0 saturated carbocycles. The second kappa shape index (κ2) is 5.27. The predicted octanol–water partition coefficient (Wildman–Crippen LogP) is 1.22. The van der Waals surface area contributed by atoms with E-state index in [4.69, 9.17) is 4.74 Å². The van der Waals surface area contributed by atoms with Crippen LogP contribution in [0.25, 0.3) is 0 Å². The maximum atomic E-state index is 13.1. The van der Waals surface area contributed by atoms with Crippen molar-refractivity contribution in [2.75, 3.05) is 25.6 Å². The van der Waals surface area contributed by atoms with E-state index in [1.54, 1.807) is 25.8 Å². The summed E-state index contributed by atoms with van der Waals surface area (Å²) in [4.78, 5) is 9.53. The Morgan fingerprint density at radius 1 is 1.53 bits per heavy atom. The van der Waals surface area contributed by atoms with Crippen molar-refractivity contribution in [3.05, 3.63) is 12.0 Å². The summed E-state index contributed by atoms with van der Waals surface area (Å²) in [5.74, 6) is -0.301. The van der Waals surface area contributed by atoms with Gasteiger partial charge in [0.1, 0.15) is 0 Å². The minimum absolute atomic E-state index is 0.0786. The number of ether oxygens (including phenoxy) is 1. The van der Waals surface area contributed by atoms with Crippen LogP contribution in [-0.2, 0) is 0 Å². The molecule has 0 radical (unpaired) electrons. The quantitative estimate of drug-likeness (QED) is 0.842. The number of hydrogen-bond acceptors (Lipinski definition) is 5. The summed E-state index contributed by atoms with van der Waals surface area (Å²) in [5.41, 5.74) is -0.752. The van der Waals surface area contributed by atoms with E-state index in [1.165, 1.54) is 7.11 Å². The van der Waals surface area contributed by atoms with Gasteiger partial charge in [-0.25, -0.2) is 4.98 Å². The van der Waals surface area contributed by atoms with Crippen molar-refractivity contribution < 1.29 is 14.2 Å². The highest BCUT2D eigenvalue weighted by Gasteiger charge is 2.16. The summed E-state index contributed by atoms with van der Waals surface area (Å²) in [7, 11) is 3.13. The van der Waals surface area contributed by atoms with Crippen molar-refractivity contribution in [3.8, 4) is 5.88 Å². The van der Waals surface area contributed by atoms with E-state index < -0.39 is 11.4 Å². The van der Waals surface area contributed by atoms with Gasteiger partial charge in [-0.2, -0.15) is 9.37 Å². The van der Waals surface area contributed by atoms with Crippen LogP contribution in [0, 0.1) is 5.82 Å². The van der Waals surface area contributed by atoms with Crippen molar-refractivity contribution in [1.82, 2.24) is 9.97 Å². The van der Waals surface area contributed by atoms with Gasteiger partial charge < -0.3 is 14.7 Å². The molecule has 0 atom stereocenters. The first-order valence-corrected chi connectivity index (χ1v) is 5.33. The van der Waals surface area contributed by atoms with Crippen LogP contribution in [-0.4, -0.2) is 41.4 Å². The number of aromatic nitrogens is 2. The minimum atomic E-state index is -0.752. The topological polar surface area (TPSA) is 58.5 Å². The number of anilines is 1. The van der Waals surface area contributed by atoms with Crippen LogP contribution in [0.15, 0.2) is 6.20 Å². The number of nitrogens with zero attached hydrogens (tertiary/aromatic N) is 3. The van der Waals surface area contributed by atoms with Gasteiger partial charge in [-0.05, 0) is 20.3 Å². The number of halogens is 1. The van der Waals surface area contributed by atoms with Gasteiger partial charge in [0, 0.05) is 13.6 Å². The summed E-state index contributed by atoms with van der Waals surface area (Å²) in [5, 5.41) is 9.61. The Kier molecular flexibility index (Phi) is 4.22. The molecule has 0 saturated heterocycles. The summed E-state index contributed by atoms with van der Waals surface area (Å²) in [6.07, 6.45) is 1.63. The number of aliphatic hydroxyl groups is 1. The maximum absolute atomic E-state index is 13.1. The lowest BCUT2D eigenvalue weighted by molar-refractivity contribution is 0.0733. The Morgan fingerprint density at radius 2 is 2.18 bits per heavy atom. The third-order valence-electron chi connectivity index (χ3n) is 2.29. The lowest BCUT2D eigenvalue weighted by Crippen LogP contribution is -2.29. The largest absolute Gasteiger partial charge is 0.479 e. The van der Waals surface area contributed by atoms with Crippen LogP contribution in [0.2, 0.25) is 0 Å². The minimum Gasteiger partial charge on any atom is -0.479 e. The van der Waals surface area contributed by atoms with E-state index in [1.807, 2.05) is 0 Å². The van der Waals surface area contributed by atoms with Gasteiger partial charge >= 0.3 is 0 Å². The fourth-order valence-electron chi connectivity index (χ4n) is 1.21. The molecule has 0 unspecified atom stereocenters. The summed E-state index contributed by atoms with van der Waals surface area (Å²) < 4.78 is 17.9. The van der Waals surface area contributed by atoms with Gasteiger partial charge in [-0.15, -0.1) is 0 Å². The van der Waals surface area contributed by atoms with Crippen LogP contribution < -0.4 is 9.64 Å². The van der Waals surface area contributed by atoms with Crippen molar-refractivity contribution in [1.29, 1.82) is 0 Å². The molecule has 1 aromatic heterocycles. The molecule has 1 aromatic rings. The molecule has 1 N–H and O–H groups in total. The van der Waals surface area contributed by atoms with Crippen molar-refractivity contribution in [3.63, 3.8) is 0 Å². The van der Waals surface area contributed by atoms with Crippen LogP contribution in [0.4, 0.5) is 10.3 Å². The fourth-order valence-corrected chi connectivity index (χ4v) is 1.21. The average Bonchev–Trinajstić information content (AvgIpc) is 2.25. The second-order valence-corrected chi connectivity index (χ2v) is 4.51. The van der Waals surface area contributed by atoms with Gasteiger partial charge in [-0.1, -0.05) is 0 Å². The molecule has 0 spiro atoms. The van der Waals surface area contributed by atoms with Gasteiger partial charge in [0.05, 0.1) is 18.9 Å². The molecule has 17 heavy (non-hydrogen) atoms. The monoisotopic (exact) mass is 243 g/mol. The first kappa shape index (κ1) is 13.6. The Hall–Kier alpha value is -1.43. The highest BCUT2D eigenvalue weighted by Crippen LogP contribution is 2.17. The van der Waals surface area contributed by atoms with Gasteiger partial charge in [-0.3, -0.25) is 0 Å². The van der Waals surface area contributed by atoms with E-state index in [9.17, 15) is 9.50 Å². The average molecular weight is 243 g/mol. The summed E-state index contributed by atoms with van der Waals surface area (Å²) in [6, 6.07) is 0. The molecule has 0 amide bonds. The van der Waals surface area contributed by atoms with Gasteiger partial charge in [0.2, 0.25) is 11.8 Å². The van der Waals surface area contributed by atoms with Crippen LogP contribution in [0.1, 0.15) is 20.3 Å². The zero-order valence-corrected chi connectivity index (χ0v) is 10.6. The molecule has 0 aromatic carbocycles. The SMILES string of the molecule is COc1nc(N(C)CCC(C)(C)O)ncc1F. The highest BCUT2D eigenvalue weighted by atomic mass is 19.1. The molecule has 5 nitrogen and oxygen atoms in total. The zero-order chi connectivity index (χ0) is 13.1. The maximum Gasteiger partial charge on any atom is 0.255 e.